The molecule has 1 saturated carbocycles. The van der Waals surface area contributed by atoms with E-state index in [0.29, 0.717) is 18.5 Å². The first-order valence-corrected chi connectivity index (χ1v) is 8.50. The average Bonchev–Trinajstić information content (AvgIpc) is 3.40. The molecule has 1 amide bonds. The molecule has 2 aromatic carbocycles. The fraction of sp³-hybridized carbons (Fsp3) is 0.300. The molecule has 1 N–H and O–H groups in total. The summed E-state index contributed by atoms with van der Waals surface area (Å²) in [6.45, 7) is 0.466. The van der Waals surface area contributed by atoms with E-state index in [9.17, 15) is 23.5 Å². The van der Waals surface area contributed by atoms with Crippen LogP contribution in [0.5, 0.6) is 0 Å². The molecule has 0 radical (unpaired) electrons. The molecule has 0 bridgehead atoms. The number of amides is 1. The quantitative estimate of drug-likeness (QED) is 0.917. The van der Waals surface area contributed by atoms with Gasteiger partial charge in [0.05, 0.1) is 5.92 Å². The SMILES string of the molecule is O=C(O)C1CN(C(=O)C2CC2c2ccc(F)cc2F)Cc2ccccc21. The third kappa shape index (κ3) is 2.85. The maximum atomic E-state index is 13.9. The molecule has 1 heterocycles. The predicted molar refractivity (Wildman–Crippen MR) is 89.4 cm³/mol. The lowest BCUT2D eigenvalue weighted by molar-refractivity contribution is -0.141. The highest BCUT2D eigenvalue weighted by Gasteiger charge is 2.48. The summed E-state index contributed by atoms with van der Waals surface area (Å²) < 4.78 is 27.0. The van der Waals surface area contributed by atoms with Gasteiger partial charge >= 0.3 is 5.97 Å². The van der Waals surface area contributed by atoms with Gasteiger partial charge in [-0.2, -0.15) is 0 Å². The number of carboxylic acids is 1. The molecule has 2 aromatic rings. The first-order valence-electron chi connectivity index (χ1n) is 8.50. The summed E-state index contributed by atoms with van der Waals surface area (Å²) in [6, 6.07) is 10.6. The Morgan fingerprint density at radius 2 is 1.85 bits per heavy atom. The van der Waals surface area contributed by atoms with Crippen molar-refractivity contribution >= 4 is 11.9 Å². The first kappa shape index (κ1) is 16.7. The number of halogens is 2. The lowest BCUT2D eigenvalue weighted by Gasteiger charge is -2.33. The highest BCUT2D eigenvalue weighted by atomic mass is 19.1. The van der Waals surface area contributed by atoms with Gasteiger partial charge in [-0.05, 0) is 35.1 Å². The van der Waals surface area contributed by atoms with Gasteiger partial charge in [0.25, 0.3) is 0 Å². The topological polar surface area (TPSA) is 57.6 Å². The lowest BCUT2D eigenvalue weighted by Crippen LogP contribution is -2.41. The normalized spacial score (nSPS) is 24.1. The van der Waals surface area contributed by atoms with E-state index < -0.39 is 23.5 Å². The monoisotopic (exact) mass is 357 g/mol. The number of carboxylic acid groups (broad SMARTS) is 1. The van der Waals surface area contributed by atoms with Crippen molar-refractivity contribution in [2.24, 2.45) is 5.92 Å². The van der Waals surface area contributed by atoms with Gasteiger partial charge in [0.2, 0.25) is 5.91 Å². The highest BCUT2D eigenvalue weighted by Crippen LogP contribution is 2.50. The van der Waals surface area contributed by atoms with Crippen LogP contribution in [0.25, 0.3) is 0 Å². The summed E-state index contributed by atoms with van der Waals surface area (Å²) >= 11 is 0. The van der Waals surface area contributed by atoms with E-state index in [0.717, 1.165) is 17.2 Å². The van der Waals surface area contributed by atoms with Crippen molar-refractivity contribution in [3.8, 4) is 0 Å². The van der Waals surface area contributed by atoms with E-state index in [2.05, 4.69) is 0 Å². The molecular formula is C20H17F2NO3. The molecule has 0 spiro atoms. The van der Waals surface area contributed by atoms with Crippen molar-refractivity contribution in [1.82, 2.24) is 4.90 Å². The summed E-state index contributed by atoms with van der Waals surface area (Å²) in [7, 11) is 0. The largest absolute Gasteiger partial charge is 0.481 e. The Kier molecular flexibility index (Phi) is 3.98. The van der Waals surface area contributed by atoms with E-state index >= 15 is 0 Å². The average molecular weight is 357 g/mol. The van der Waals surface area contributed by atoms with Gasteiger partial charge in [-0.3, -0.25) is 9.59 Å². The number of hydrogen-bond acceptors (Lipinski definition) is 2. The Hall–Kier alpha value is -2.76. The maximum absolute atomic E-state index is 13.9. The van der Waals surface area contributed by atoms with Crippen LogP contribution in [0.3, 0.4) is 0 Å². The second-order valence-electron chi connectivity index (χ2n) is 6.92. The molecular weight excluding hydrogens is 340 g/mol. The zero-order valence-corrected chi connectivity index (χ0v) is 13.9. The van der Waals surface area contributed by atoms with Crippen molar-refractivity contribution in [3.05, 3.63) is 70.8 Å². The third-order valence-electron chi connectivity index (χ3n) is 5.27. The van der Waals surface area contributed by atoms with E-state index in [1.54, 1.807) is 17.0 Å². The molecule has 1 aliphatic carbocycles. The molecule has 3 unspecified atom stereocenters. The Balaban J connectivity index is 1.54. The van der Waals surface area contributed by atoms with Gasteiger partial charge in [0.15, 0.2) is 0 Å². The number of benzene rings is 2. The fourth-order valence-corrected chi connectivity index (χ4v) is 3.83. The molecule has 3 atom stereocenters. The minimum atomic E-state index is -0.966. The van der Waals surface area contributed by atoms with Crippen molar-refractivity contribution in [3.63, 3.8) is 0 Å². The Morgan fingerprint density at radius 1 is 1.08 bits per heavy atom. The number of fused-ring (bicyclic) bond motifs is 1. The van der Waals surface area contributed by atoms with Crippen LogP contribution in [0.1, 0.15) is 34.9 Å². The smallest absolute Gasteiger partial charge is 0.312 e. The summed E-state index contributed by atoms with van der Waals surface area (Å²) in [5.74, 6) is -3.84. The maximum Gasteiger partial charge on any atom is 0.312 e. The first-order chi connectivity index (χ1) is 12.5. The van der Waals surface area contributed by atoms with Gasteiger partial charge in [-0.25, -0.2) is 8.78 Å². The van der Waals surface area contributed by atoms with Gasteiger partial charge in [-0.1, -0.05) is 30.3 Å². The summed E-state index contributed by atoms with van der Waals surface area (Å²) in [5, 5.41) is 9.51. The van der Waals surface area contributed by atoms with Crippen LogP contribution >= 0.6 is 0 Å². The lowest BCUT2D eigenvalue weighted by atomic mass is 9.89. The summed E-state index contributed by atoms with van der Waals surface area (Å²) in [6.07, 6.45) is 0.497. The molecule has 4 nitrogen and oxygen atoms in total. The van der Waals surface area contributed by atoms with Gasteiger partial charge in [-0.15, -0.1) is 0 Å². The van der Waals surface area contributed by atoms with Crippen LogP contribution in [0.2, 0.25) is 0 Å². The second kappa shape index (κ2) is 6.20. The van der Waals surface area contributed by atoms with Crippen LogP contribution < -0.4 is 0 Å². The minimum Gasteiger partial charge on any atom is -0.481 e. The predicted octanol–water partition coefficient (Wildman–Crippen LogP) is 3.28. The Labute approximate surface area is 149 Å². The van der Waals surface area contributed by atoms with Crippen LogP contribution in [0.15, 0.2) is 42.5 Å². The Morgan fingerprint density at radius 3 is 2.58 bits per heavy atom. The second-order valence-corrected chi connectivity index (χ2v) is 6.92. The van der Waals surface area contributed by atoms with Crippen molar-refractivity contribution in [2.75, 3.05) is 6.54 Å². The standard InChI is InChI=1S/C20H17F2NO3/c21-12-5-6-14(18(22)7-12)15-8-16(15)19(24)23-9-11-3-1-2-4-13(11)17(10-23)20(25)26/h1-7,15-17H,8-10H2,(H,25,26). The van der Waals surface area contributed by atoms with Crippen molar-refractivity contribution in [1.29, 1.82) is 0 Å². The Bertz CT molecular complexity index is 898. The number of nitrogens with zero attached hydrogens (tertiary/aromatic N) is 1. The van der Waals surface area contributed by atoms with Crippen LogP contribution in [-0.2, 0) is 16.1 Å². The molecule has 4 rings (SSSR count). The van der Waals surface area contributed by atoms with Crippen LogP contribution in [0.4, 0.5) is 8.78 Å². The van der Waals surface area contributed by atoms with Gasteiger partial charge in [0, 0.05) is 25.1 Å². The molecule has 0 saturated heterocycles. The number of aliphatic carboxylic acids is 1. The number of hydrogen-bond donors (Lipinski definition) is 1. The molecule has 134 valence electrons. The zero-order chi connectivity index (χ0) is 18.4. The molecule has 1 fully saturated rings. The van der Waals surface area contributed by atoms with Gasteiger partial charge < -0.3 is 10.0 Å². The molecule has 6 heteroatoms. The number of carbonyl (C=O) groups is 2. The summed E-state index contributed by atoms with van der Waals surface area (Å²) in [4.78, 5) is 26.0. The third-order valence-corrected chi connectivity index (χ3v) is 5.27. The zero-order valence-electron chi connectivity index (χ0n) is 13.9. The molecule has 26 heavy (non-hydrogen) atoms. The van der Waals surface area contributed by atoms with Crippen molar-refractivity contribution in [2.45, 2.75) is 24.8 Å². The molecule has 2 aliphatic rings. The fourth-order valence-electron chi connectivity index (χ4n) is 3.83. The van der Waals surface area contributed by atoms with E-state index in [4.69, 9.17) is 0 Å². The van der Waals surface area contributed by atoms with Crippen LogP contribution in [-0.4, -0.2) is 28.4 Å². The molecule has 1 aliphatic heterocycles. The van der Waals surface area contributed by atoms with Gasteiger partial charge in [0.1, 0.15) is 11.6 Å². The van der Waals surface area contributed by atoms with E-state index in [-0.39, 0.29) is 24.3 Å². The highest BCUT2D eigenvalue weighted by molar-refractivity contribution is 5.85. The molecule has 0 aromatic heterocycles. The van der Waals surface area contributed by atoms with Crippen LogP contribution in [0, 0.1) is 17.6 Å². The summed E-state index contributed by atoms with van der Waals surface area (Å²) in [5.41, 5.74) is 1.91. The minimum absolute atomic E-state index is 0.111. The van der Waals surface area contributed by atoms with E-state index in [1.165, 1.54) is 12.1 Å². The number of carbonyl (C=O) groups excluding carboxylic acids is 1. The number of rotatable bonds is 3. The van der Waals surface area contributed by atoms with E-state index in [1.807, 2.05) is 12.1 Å². The van der Waals surface area contributed by atoms with Crippen molar-refractivity contribution < 1.29 is 23.5 Å².